The summed E-state index contributed by atoms with van der Waals surface area (Å²) in [6.45, 7) is 8.31. The zero-order valence-corrected chi connectivity index (χ0v) is 19.8. The zero-order valence-electron chi connectivity index (χ0n) is 19.0. The van der Waals surface area contributed by atoms with Crippen molar-refractivity contribution in [3.63, 3.8) is 0 Å². The number of alkyl halides is 1. The summed E-state index contributed by atoms with van der Waals surface area (Å²) in [6.07, 6.45) is 6.88. The number of rotatable bonds is 11. The molecule has 0 bridgehead atoms. The number of phenols is 1. The van der Waals surface area contributed by atoms with Gasteiger partial charge in [0.05, 0.1) is 23.7 Å². The van der Waals surface area contributed by atoms with Crippen LogP contribution in [-0.4, -0.2) is 40.8 Å². The Balaban J connectivity index is 1.86. The first-order chi connectivity index (χ1) is 14.5. The lowest BCUT2D eigenvalue weighted by molar-refractivity contribution is 0.0965. The summed E-state index contributed by atoms with van der Waals surface area (Å²) in [6, 6.07) is 1.60. The van der Waals surface area contributed by atoms with Gasteiger partial charge >= 0.3 is 0 Å². The number of fused-ring (bicyclic) bond motifs is 1. The molecule has 0 saturated heterocycles. The largest absolute Gasteiger partial charge is 0.504 e. The van der Waals surface area contributed by atoms with Crippen LogP contribution in [0.2, 0.25) is 0 Å². The van der Waals surface area contributed by atoms with Gasteiger partial charge in [0.25, 0.3) is 5.91 Å². The van der Waals surface area contributed by atoms with Crippen LogP contribution in [0.25, 0.3) is 0 Å². The minimum absolute atomic E-state index is 0.0559. The second-order valence-corrected chi connectivity index (χ2v) is 9.51. The van der Waals surface area contributed by atoms with Crippen molar-refractivity contribution >= 4 is 17.5 Å². The van der Waals surface area contributed by atoms with E-state index in [-0.39, 0.29) is 30.6 Å². The van der Waals surface area contributed by atoms with Gasteiger partial charge in [-0.3, -0.25) is 4.79 Å². The Kier molecular flexibility index (Phi) is 8.83. The van der Waals surface area contributed by atoms with E-state index in [9.17, 15) is 15.0 Å². The van der Waals surface area contributed by atoms with Crippen LogP contribution >= 0.6 is 11.6 Å². The summed E-state index contributed by atoms with van der Waals surface area (Å²) in [5.74, 6) is 0.299. The third-order valence-electron chi connectivity index (χ3n) is 5.51. The van der Waals surface area contributed by atoms with Gasteiger partial charge < -0.3 is 25.0 Å². The topological polar surface area (TPSA) is 88.0 Å². The second-order valence-electron chi connectivity index (χ2n) is 8.53. The summed E-state index contributed by atoms with van der Waals surface area (Å²) in [4.78, 5) is 11.2. The van der Waals surface area contributed by atoms with E-state index >= 15 is 0 Å². The van der Waals surface area contributed by atoms with Gasteiger partial charge in [-0.05, 0) is 65.5 Å². The van der Waals surface area contributed by atoms with E-state index in [0.717, 1.165) is 19.3 Å². The number of carbonyl (C=O) groups is 1. The molecule has 1 aromatic rings. The lowest BCUT2D eigenvalue weighted by Crippen LogP contribution is -2.29. The molecule has 31 heavy (non-hydrogen) atoms. The number of aromatic hydroxyl groups is 1. The minimum atomic E-state index is -0.610. The number of halogens is 1. The Labute approximate surface area is 189 Å². The molecule has 1 aliphatic heterocycles. The van der Waals surface area contributed by atoms with Crippen molar-refractivity contribution in [2.75, 3.05) is 13.7 Å². The molecule has 2 rings (SSSR count). The van der Waals surface area contributed by atoms with E-state index in [0.29, 0.717) is 23.3 Å². The molecule has 3 N–H and O–H groups in total. The van der Waals surface area contributed by atoms with Crippen LogP contribution in [0.4, 0.5) is 0 Å². The molecule has 0 saturated carbocycles. The monoisotopic (exact) mass is 451 g/mol. The maximum atomic E-state index is 11.8. The zero-order chi connectivity index (χ0) is 23.2. The highest BCUT2D eigenvalue weighted by molar-refractivity contribution is 6.23. The Morgan fingerprint density at radius 2 is 1.97 bits per heavy atom. The fourth-order valence-corrected chi connectivity index (χ4v) is 3.44. The van der Waals surface area contributed by atoms with E-state index in [4.69, 9.17) is 21.1 Å². The fraction of sp³-hybridized carbons (Fsp3) is 0.542. The average Bonchev–Trinajstić information content (AvgIpc) is 3.07. The molecule has 6 nitrogen and oxygen atoms in total. The smallest absolute Gasteiger partial charge is 0.252 e. The number of benzene rings is 1. The molecule has 1 aromatic carbocycles. The highest BCUT2D eigenvalue weighted by Crippen LogP contribution is 2.42. The summed E-state index contributed by atoms with van der Waals surface area (Å²) >= 11 is 6.14. The number of hydrogen-bond acceptors (Lipinski definition) is 5. The Bertz CT molecular complexity index is 855. The molecule has 1 amide bonds. The SMILES string of the molecule is COc1cc2c(c(O)c1OC/C=C(\C)CC/C=C(\C)CC[C@@H](O)C(C)(C)Cl)CNC2=O. The van der Waals surface area contributed by atoms with E-state index in [1.54, 1.807) is 6.07 Å². The maximum absolute atomic E-state index is 11.8. The normalized spacial score (nSPS) is 15.5. The summed E-state index contributed by atoms with van der Waals surface area (Å²) < 4.78 is 11.1. The van der Waals surface area contributed by atoms with E-state index in [1.165, 1.54) is 18.3 Å². The van der Waals surface area contributed by atoms with Crippen LogP contribution in [0, 0.1) is 0 Å². The van der Waals surface area contributed by atoms with Crippen LogP contribution in [0.3, 0.4) is 0 Å². The Hall–Kier alpha value is -2.18. The van der Waals surface area contributed by atoms with Crippen LogP contribution in [0.1, 0.15) is 69.3 Å². The number of amides is 1. The lowest BCUT2D eigenvalue weighted by atomic mass is 9.98. The third kappa shape index (κ3) is 6.91. The highest BCUT2D eigenvalue weighted by atomic mass is 35.5. The lowest BCUT2D eigenvalue weighted by Gasteiger charge is -2.23. The molecule has 0 radical (unpaired) electrons. The number of allylic oxidation sites excluding steroid dienone is 3. The molecule has 0 fully saturated rings. The predicted molar refractivity (Wildman–Crippen MR) is 123 cm³/mol. The van der Waals surface area contributed by atoms with Gasteiger partial charge in [-0.25, -0.2) is 0 Å². The number of carbonyl (C=O) groups excluding carboxylic acids is 1. The number of methoxy groups -OCH3 is 1. The fourth-order valence-electron chi connectivity index (χ4n) is 3.33. The number of phenolic OH excluding ortho intramolecular Hbond substituents is 1. The quantitative estimate of drug-likeness (QED) is 0.330. The van der Waals surface area contributed by atoms with Crippen molar-refractivity contribution < 1.29 is 24.5 Å². The van der Waals surface area contributed by atoms with Crippen molar-refractivity contribution in [3.8, 4) is 17.2 Å². The van der Waals surface area contributed by atoms with Crippen LogP contribution in [-0.2, 0) is 6.54 Å². The maximum Gasteiger partial charge on any atom is 0.252 e. The molecule has 0 aromatic heterocycles. The van der Waals surface area contributed by atoms with Gasteiger partial charge in [-0.1, -0.05) is 17.2 Å². The first-order valence-corrected chi connectivity index (χ1v) is 10.9. The molecule has 0 unspecified atom stereocenters. The van der Waals surface area contributed by atoms with Crippen molar-refractivity contribution in [2.45, 2.75) is 70.9 Å². The van der Waals surface area contributed by atoms with Crippen molar-refractivity contribution in [1.82, 2.24) is 5.32 Å². The van der Waals surface area contributed by atoms with Crippen molar-refractivity contribution in [3.05, 3.63) is 40.5 Å². The molecular weight excluding hydrogens is 418 g/mol. The number of aliphatic hydroxyl groups excluding tert-OH is 1. The van der Waals surface area contributed by atoms with E-state index in [1.807, 2.05) is 26.8 Å². The standard InChI is InChI=1S/C24H34ClNO5/c1-15(9-10-20(27)24(3,4)25)7-6-8-16(2)11-12-31-22-19(30-5)13-17-18(21(22)28)14-26-23(17)29/h7,11,13,20,27-28H,6,8-10,12,14H2,1-5H3,(H,26,29)/b15-7+,16-11+/t20-/m1/s1. The number of nitrogens with one attached hydrogen (secondary N) is 1. The summed E-state index contributed by atoms with van der Waals surface area (Å²) in [5, 5.41) is 23.2. The molecule has 1 aliphatic rings. The van der Waals surface area contributed by atoms with Crippen molar-refractivity contribution in [2.24, 2.45) is 0 Å². The molecule has 172 valence electrons. The number of aliphatic hydroxyl groups is 1. The Morgan fingerprint density at radius 1 is 1.29 bits per heavy atom. The van der Waals surface area contributed by atoms with Crippen LogP contribution in [0.5, 0.6) is 17.2 Å². The van der Waals surface area contributed by atoms with E-state index < -0.39 is 11.0 Å². The molecule has 1 heterocycles. The van der Waals surface area contributed by atoms with Gasteiger partial charge in [0.15, 0.2) is 11.5 Å². The van der Waals surface area contributed by atoms with Crippen LogP contribution in [0.15, 0.2) is 29.4 Å². The van der Waals surface area contributed by atoms with E-state index in [2.05, 4.69) is 18.3 Å². The average molecular weight is 452 g/mol. The minimum Gasteiger partial charge on any atom is -0.504 e. The predicted octanol–water partition coefficient (Wildman–Crippen LogP) is 4.85. The number of ether oxygens (including phenoxy) is 2. The summed E-state index contributed by atoms with van der Waals surface area (Å²) in [5.41, 5.74) is 3.35. The molecule has 7 heteroatoms. The summed E-state index contributed by atoms with van der Waals surface area (Å²) in [7, 11) is 1.48. The van der Waals surface area contributed by atoms with Gasteiger partial charge in [0, 0.05) is 12.1 Å². The van der Waals surface area contributed by atoms with Gasteiger partial charge in [0.2, 0.25) is 5.75 Å². The first-order valence-electron chi connectivity index (χ1n) is 10.6. The van der Waals surface area contributed by atoms with Gasteiger partial charge in [0.1, 0.15) is 6.61 Å². The highest BCUT2D eigenvalue weighted by Gasteiger charge is 2.27. The molecule has 1 atom stereocenters. The Morgan fingerprint density at radius 3 is 2.61 bits per heavy atom. The molecule has 0 spiro atoms. The van der Waals surface area contributed by atoms with Gasteiger partial charge in [-0.2, -0.15) is 0 Å². The molecular formula is C24H34ClNO5. The third-order valence-corrected chi connectivity index (χ3v) is 5.76. The second kappa shape index (κ2) is 10.9. The van der Waals surface area contributed by atoms with Crippen molar-refractivity contribution in [1.29, 1.82) is 0 Å². The first kappa shape index (κ1) is 25.1. The van der Waals surface area contributed by atoms with Crippen LogP contribution < -0.4 is 14.8 Å². The number of hydrogen-bond donors (Lipinski definition) is 3. The molecule has 0 aliphatic carbocycles. The van der Waals surface area contributed by atoms with Gasteiger partial charge in [-0.15, -0.1) is 11.6 Å².